The summed E-state index contributed by atoms with van der Waals surface area (Å²) in [5.74, 6) is 0.532. The molecule has 1 aromatic carbocycles. The topological polar surface area (TPSA) is 23.5 Å². The Labute approximate surface area is 111 Å². The van der Waals surface area contributed by atoms with Crippen molar-refractivity contribution < 1.29 is 5.11 Å². The third kappa shape index (κ3) is 3.82. The van der Waals surface area contributed by atoms with Crippen LogP contribution in [-0.4, -0.2) is 29.7 Å². The van der Waals surface area contributed by atoms with Gasteiger partial charge in [-0.3, -0.25) is 4.90 Å². The van der Waals surface area contributed by atoms with E-state index in [2.05, 4.69) is 43.1 Å². The zero-order valence-corrected chi connectivity index (χ0v) is 11.6. The number of aliphatic hydroxyl groups excluding tert-OH is 1. The van der Waals surface area contributed by atoms with E-state index in [0.29, 0.717) is 5.92 Å². The van der Waals surface area contributed by atoms with Crippen molar-refractivity contribution in [2.45, 2.75) is 45.3 Å². The molecule has 100 valence electrons. The fourth-order valence-electron chi connectivity index (χ4n) is 3.00. The summed E-state index contributed by atoms with van der Waals surface area (Å²) < 4.78 is 0. The molecule has 0 heterocycles. The summed E-state index contributed by atoms with van der Waals surface area (Å²) in [6, 6.07) is 8.60. The molecule has 1 unspecified atom stereocenters. The Hall–Kier alpha value is -0.860. The van der Waals surface area contributed by atoms with E-state index in [-0.39, 0.29) is 6.10 Å². The first-order valence-electron chi connectivity index (χ1n) is 7.07. The Morgan fingerprint density at radius 1 is 1.33 bits per heavy atom. The zero-order chi connectivity index (χ0) is 13.0. The van der Waals surface area contributed by atoms with E-state index in [1.54, 1.807) is 0 Å². The lowest BCUT2D eigenvalue weighted by Gasteiger charge is -2.24. The highest BCUT2D eigenvalue weighted by Crippen LogP contribution is 2.28. The van der Waals surface area contributed by atoms with Gasteiger partial charge in [0.25, 0.3) is 0 Å². The van der Waals surface area contributed by atoms with Crippen LogP contribution in [0.25, 0.3) is 0 Å². The summed E-state index contributed by atoms with van der Waals surface area (Å²) in [6.45, 7) is 3.83. The predicted molar refractivity (Wildman–Crippen MR) is 75.5 cm³/mol. The Morgan fingerprint density at radius 3 is 2.72 bits per heavy atom. The average molecular weight is 247 g/mol. The third-order valence-corrected chi connectivity index (χ3v) is 3.98. The highest BCUT2D eigenvalue weighted by atomic mass is 16.3. The lowest BCUT2D eigenvalue weighted by molar-refractivity contribution is 0.0725. The molecule has 1 aliphatic carbocycles. The van der Waals surface area contributed by atoms with E-state index in [9.17, 15) is 5.11 Å². The number of rotatable bonds is 5. The van der Waals surface area contributed by atoms with Crippen LogP contribution in [0.2, 0.25) is 0 Å². The zero-order valence-electron chi connectivity index (χ0n) is 11.6. The molecular formula is C16H25NO. The predicted octanol–water partition coefficient (Wildman–Crippen LogP) is 2.98. The van der Waals surface area contributed by atoms with Gasteiger partial charge in [-0.2, -0.15) is 0 Å². The summed E-state index contributed by atoms with van der Waals surface area (Å²) in [6.07, 6.45) is 4.85. The second kappa shape index (κ2) is 6.35. The summed E-state index contributed by atoms with van der Waals surface area (Å²) in [5.41, 5.74) is 2.63. The number of aliphatic hydroxyl groups is 1. The van der Waals surface area contributed by atoms with Crippen molar-refractivity contribution in [1.82, 2.24) is 4.90 Å². The van der Waals surface area contributed by atoms with Crippen LogP contribution in [-0.2, 0) is 6.54 Å². The van der Waals surface area contributed by atoms with Crippen LogP contribution in [0.15, 0.2) is 24.3 Å². The van der Waals surface area contributed by atoms with Crippen LogP contribution >= 0.6 is 0 Å². The molecule has 0 amide bonds. The molecule has 2 rings (SSSR count). The van der Waals surface area contributed by atoms with Gasteiger partial charge in [-0.05, 0) is 38.3 Å². The number of aryl methyl sites for hydroxylation is 1. The minimum Gasteiger partial charge on any atom is -0.392 e. The van der Waals surface area contributed by atoms with E-state index in [1.165, 1.54) is 36.8 Å². The van der Waals surface area contributed by atoms with Crippen molar-refractivity contribution >= 4 is 0 Å². The van der Waals surface area contributed by atoms with Gasteiger partial charge in [0.05, 0.1) is 6.10 Å². The highest BCUT2D eigenvalue weighted by molar-refractivity contribution is 5.21. The molecule has 0 spiro atoms. The first-order chi connectivity index (χ1) is 8.65. The largest absolute Gasteiger partial charge is 0.392 e. The van der Waals surface area contributed by atoms with Gasteiger partial charge in [0.2, 0.25) is 0 Å². The van der Waals surface area contributed by atoms with Gasteiger partial charge in [-0.1, -0.05) is 42.7 Å². The van der Waals surface area contributed by atoms with E-state index in [1.807, 2.05) is 0 Å². The quantitative estimate of drug-likeness (QED) is 0.864. The maximum Gasteiger partial charge on any atom is 0.0695 e. The molecule has 1 N–H and O–H groups in total. The lowest BCUT2D eigenvalue weighted by atomic mass is 10.0. The number of hydrogen-bond acceptors (Lipinski definition) is 2. The van der Waals surface area contributed by atoms with Crippen molar-refractivity contribution in [3.05, 3.63) is 35.4 Å². The summed E-state index contributed by atoms with van der Waals surface area (Å²) in [5, 5.41) is 10.2. The fourth-order valence-corrected chi connectivity index (χ4v) is 3.00. The van der Waals surface area contributed by atoms with Crippen LogP contribution in [0.1, 0.15) is 36.8 Å². The molecule has 1 atom stereocenters. The Bertz CT molecular complexity index is 371. The maximum atomic E-state index is 10.2. The highest BCUT2D eigenvalue weighted by Gasteiger charge is 2.23. The first kappa shape index (κ1) is 13.6. The molecule has 0 radical (unpaired) electrons. The van der Waals surface area contributed by atoms with Gasteiger partial charge >= 0.3 is 0 Å². The van der Waals surface area contributed by atoms with E-state index >= 15 is 0 Å². The fraction of sp³-hybridized carbons (Fsp3) is 0.625. The van der Waals surface area contributed by atoms with Crippen molar-refractivity contribution in [2.75, 3.05) is 13.6 Å². The average Bonchev–Trinajstić information content (AvgIpc) is 2.81. The Kier molecular flexibility index (Phi) is 4.79. The molecule has 0 aliphatic heterocycles. The molecule has 0 aromatic heterocycles. The van der Waals surface area contributed by atoms with E-state index in [4.69, 9.17) is 0 Å². The van der Waals surface area contributed by atoms with Crippen molar-refractivity contribution in [1.29, 1.82) is 0 Å². The maximum absolute atomic E-state index is 10.2. The standard InChI is InChI=1S/C16H25NO/c1-13-6-5-7-14(10-13)11-17(2)12-16(18)15-8-3-4-9-15/h5-7,10,15-16,18H,3-4,8-9,11-12H2,1-2H3. The van der Waals surface area contributed by atoms with Crippen LogP contribution < -0.4 is 0 Å². The molecule has 1 fully saturated rings. The second-order valence-corrected chi connectivity index (χ2v) is 5.80. The van der Waals surface area contributed by atoms with Crippen molar-refractivity contribution in [3.8, 4) is 0 Å². The minimum atomic E-state index is -0.151. The summed E-state index contributed by atoms with van der Waals surface area (Å²) in [7, 11) is 2.10. The molecular weight excluding hydrogens is 222 g/mol. The number of hydrogen-bond donors (Lipinski definition) is 1. The third-order valence-electron chi connectivity index (χ3n) is 3.98. The lowest BCUT2D eigenvalue weighted by Crippen LogP contribution is -2.33. The van der Waals surface area contributed by atoms with Crippen molar-refractivity contribution in [3.63, 3.8) is 0 Å². The second-order valence-electron chi connectivity index (χ2n) is 5.80. The number of benzene rings is 1. The Morgan fingerprint density at radius 2 is 2.06 bits per heavy atom. The molecule has 2 nitrogen and oxygen atoms in total. The van der Waals surface area contributed by atoms with E-state index in [0.717, 1.165) is 13.1 Å². The number of likely N-dealkylation sites (N-methyl/N-ethyl adjacent to an activating group) is 1. The smallest absolute Gasteiger partial charge is 0.0695 e. The number of nitrogens with zero attached hydrogens (tertiary/aromatic N) is 1. The van der Waals surface area contributed by atoms with Gasteiger partial charge in [0.15, 0.2) is 0 Å². The molecule has 1 aromatic rings. The molecule has 1 aliphatic rings. The Balaban J connectivity index is 1.82. The summed E-state index contributed by atoms with van der Waals surface area (Å²) >= 11 is 0. The van der Waals surface area contributed by atoms with Crippen LogP contribution in [0.5, 0.6) is 0 Å². The van der Waals surface area contributed by atoms with Gasteiger partial charge in [0, 0.05) is 13.1 Å². The monoisotopic (exact) mass is 247 g/mol. The normalized spacial score (nSPS) is 18.4. The molecule has 2 heteroatoms. The molecule has 1 saturated carbocycles. The first-order valence-corrected chi connectivity index (χ1v) is 7.07. The van der Waals surface area contributed by atoms with Gasteiger partial charge < -0.3 is 5.11 Å². The summed E-state index contributed by atoms with van der Waals surface area (Å²) in [4.78, 5) is 2.23. The van der Waals surface area contributed by atoms with Crippen LogP contribution in [0, 0.1) is 12.8 Å². The van der Waals surface area contributed by atoms with E-state index < -0.39 is 0 Å². The van der Waals surface area contributed by atoms with Gasteiger partial charge in [0.1, 0.15) is 0 Å². The van der Waals surface area contributed by atoms with Gasteiger partial charge in [-0.25, -0.2) is 0 Å². The van der Waals surface area contributed by atoms with Gasteiger partial charge in [-0.15, -0.1) is 0 Å². The molecule has 0 bridgehead atoms. The van der Waals surface area contributed by atoms with Crippen molar-refractivity contribution in [2.24, 2.45) is 5.92 Å². The SMILES string of the molecule is Cc1cccc(CN(C)CC(O)C2CCCC2)c1. The molecule has 0 saturated heterocycles. The van der Waals surface area contributed by atoms with Crippen LogP contribution in [0.4, 0.5) is 0 Å². The van der Waals surface area contributed by atoms with Crippen LogP contribution in [0.3, 0.4) is 0 Å². The minimum absolute atomic E-state index is 0.151. The molecule has 18 heavy (non-hydrogen) atoms.